The number of rotatable bonds is 3. The van der Waals surface area contributed by atoms with Crippen molar-refractivity contribution >= 4 is 11.8 Å². The smallest absolute Gasteiger partial charge is 0.243 e. The van der Waals surface area contributed by atoms with Crippen molar-refractivity contribution in [3.8, 4) is 0 Å². The quantitative estimate of drug-likeness (QED) is 0.850. The topological polar surface area (TPSA) is 71.3 Å². The zero-order valence-electron chi connectivity index (χ0n) is 10.9. The van der Waals surface area contributed by atoms with E-state index in [9.17, 15) is 9.59 Å². The van der Waals surface area contributed by atoms with Crippen molar-refractivity contribution in [1.82, 2.24) is 10.6 Å². The van der Waals surface area contributed by atoms with Crippen LogP contribution in [0.3, 0.4) is 0 Å². The van der Waals surface area contributed by atoms with Gasteiger partial charge in [0.05, 0.1) is 6.04 Å². The van der Waals surface area contributed by atoms with Crippen molar-refractivity contribution in [3.63, 3.8) is 0 Å². The lowest BCUT2D eigenvalue weighted by Crippen LogP contribution is -2.42. The number of carbonyl (C=O) groups is 2. The third-order valence-electron chi connectivity index (χ3n) is 3.22. The van der Waals surface area contributed by atoms with Crippen LogP contribution in [0.2, 0.25) is 0 Å². The molecule has 0 unspecified atom stereocenters. The highest BCUT2D eigenvalue weighted by molar-refractivity contribution is 5.90. The fourth-order valence-corrected chi connectivity index (χ4v) is 2.28. The summed E-state index contributed by atoms with van der Waals surface area (Å²) in [5, 5.41) is 5.56. The first-order valence-electron chi connectivity index (χ1n) is 6.14. The van der Waals surface area contributed by atoms with E-state index in [1.807, 2.05) is 26.8 Å². The van der Waals surface area contributed by atoms with Crippen LogP contribution in [-0.4, -0.2) is 17.9 Å². The molecule has 2 amide bonds. The minimum atomic E-state index is -0.395. The van der Waals surface area contributed by atoms with Crippen LogP contribution in [0, 0.1) is 13.8 Å². The van der Waals surface area contributed by atoms with Gasteiger partial charge in [0, 0.05) is 12.0 Å². The van der Waals surface area contributed by atoms with E-state index < -0.39 is 6.04 Å². The number of hydrogen-bond acceptors (Lipinski definition) is 3. The van der Waals surface area contributed by atoms with Gasteiger partial charge in [0.15, 0.2) is 0 Å². The van der Waals surface area contributed by atoms with Crippen LogP contribution in [0.25, 0.3) is 0 Å². The zero-order chi connectivity index (χ0) is 13.3. The van der Waals surface area contributed by atoms with Gasteiger partial charge in [-0.15, -0.1) is 0 Å². The summed E-state index contributed by atoms with van der Waals surface area (Å²) in [5.74, 6) is 1.46. The van der Waals surface area contributed by atoms with Gasteiger partial charge in [-0.2, -0.15) is 0 Å². The molecule has 2 atom stereocenters. The number of aryl methyl sites for hydroxylation is 2. The van der Waals surface area contributed by atoms with Crippen LogP contribution in [0.1, 0.15) is 42.9 Å². The Bertz CT molecular complexity index is 479. The third-order valence-corrected chi connectivity index (χ3v) is 3.22. The molecule has 0 aliphatic carbocycles. The Kier molecular flexibility index (Phi) is 3.41. The van der Waals surface area contributed by atoms with Crippen LogP contribution in [0.15, 0.2) is 10.5 Å². The average molecular weight is 250 g/mol. The van der Waals surface area contributed by atoms with Crippen LogP contribution in [0.4, 0.5) is 0 Å². The lowest BCUT2D eigenvalue weighted by Gasteiger charge is -2.16. The summed E-state index contributed by atoms with van der Waals surface area (Å²) in [6.45, 7) is 5.66. The van der Waals surface area contributed by atoms with Gasteiger partial charge in [-0.1, -0.05) is 0 Å². The van der Waals surface area contributed by atoms with Gasteiger partial charge in [-0.05, 0) is 33.3 Å². The molecule has 1 aromatic heterocycles. The molecule has 98 valence electrons. The molecule has 1 aliphatic heterocycles. The Hall–Kier alpha value is -1.78. The summed E-state index contributed by atoms with van der Waals surface area (Å²) in [6.07, 6.45) is 0.997. The van der Waals surface area contributed by atoms with Gasteiger partial charge in [0.25, 0.3) is 0 Å². The number of nitrogens with one attached hydrogen (secondary N) is 2. The summed E-state index contributed by atoms with van der Waals surface area (Å²) in [5.41, 5.74) is 0.977. The fraction of sp³-hybridized carbons (Fsp3) is 0.538. The molecule has 2 heterocycles. The Morgan fingerprint density at radius 3 is 2.78 bits per heavy atom. The van der Waals surface area contributed by atoms with Crippen LogP contribution < -0.4 is 10.6 Å². The van der Waals surface area contributed by atoms with E-state index in [2.05, 4.69) is 10.6 Å². The second kappa shape index (κ2) is 4.84. The lowest BCUT2D eigenvalue weighted by molar-refractivity contribution is -0.126. The van der Waals surface area contributed by atoms with Crippen molar-refractivity contribution in [2.75, 3.05) is 0 Å². The monoisotopic (exact) mass is 250 g/mol. The molecule has 5 heteroatoms. The summed E-state index contributed by atoms with van der Waals surface area (Å²) >= 11 is 0. The number of amides is 2. The van der Waals surface area contributed by atoms with Gasteiger partial charge in [-0.25, -0.2) is 0 Å². The van der Waals surface area contributed by atoms with E-state index in [1.165, 1.54) is 0 Å². The highest BCUT2D eigenvalue weighted by atomic mass is 16.3. The van der Waals surface area contributed by atoms with E-state index in [-0.39, 0.29) is 17.9 Å². The maximum Gasteiger partial charge on any atom is 0.243 e. The molecule has 1 fully saturated rings. The third kappa shape index (κ3) is 2.55. The second-order valence-corrected chi connectivity index (χ2v) is 4.76. The predicted molar refractivity (Wildman–Crippen MR) is 65.9 cm³/mol. The molecule has 1 aromatic rings. The van der Waals surface area contributed by atoms with Crippen LogP contribution in [-0.2, 0) is 9.59 Å². The van der Waals surface area contributed by atoms with Crippen molar-refractivity contribution in [1.29, 1.82) is 0 Å². The van der Waals surface area contributed by atoms with E-state index in [0.717, 1.165) is 17.1 Å². The molecule has 5 nitrogen and oxygen atoms in total. The van der Waals surface area contributed by atoms with E-state index in [4.69, 9.17) is 4.42 Å². The Balaban J connectivity index is 1.99. The second-order valence-electron chi connectivity index (χ2n) is 4.76. The molecule has 0 saturated carbocycles. The van der Waals surface area contributed by atoms with Gasteiger partial charge in [-0.3, -0.25) is 9.59 Å². The molecule has 0 spiro atoms. The lowest BCUT2D eigenvalue weighted by atomic mass is 10.1. The van der Waals surface area contributed by atoms with Crippen molar-refractivity contribution < 1.29 is 14.0 Å². The van der Waals surface area contributed by atoms with Crippen LogP contribution in [0.5, 0.6) is 0 Å². The minimum absolute atomic E-state index is 0.0573. The van der Waals surface area contributed by atoms with Crippen molar-refractivity contribution in [2.24, 2.45) is 0 Å². The molecule has 2 rings (SSSR count). The first-order valence-corrected chi connectivity index (χ1v) is 6.14. The number of furan rings is 1. The standard InChI is InChI=1S/C13H18N2O3/c1-7-6-10(9(3)18-7)8(2)14-13(17)11-4-5-12(16)15-11/h6,8,11H,4-5H2,1-3H3,(H,14,17)(H,15,16)/t8-,11+/m0/s1. The van der Waals surface area contributed by atoms with E-state index >= 15 is 0 Å². The van der Waals surface area contributed by atoms with E-state index in [0.29, 0.717) is 12.8 Å². The molecular weight excluding hydrogens is 232 g/mol. The molecular formula is C13H18N2O3. The van der Waals surface area contributed by atoms with Gasteiger partial charge >= 0.3 is 0 Å². The summed E-state index contributed by atoms with van der Waals surface area (Å²) < 4.78 is 5.44. The maximum atomic E-state index is 11.9. The van der Waals surface area contributed by atoms with Crippen molar-refractivity contribution in [3.05, 3.63) is 23.2 Å². The fourth-order valence-electron chi connectivity index (χ4n) is 2.28. The van der Waals surface area contributed by atoms with Gasteiger partial charge < -0.3 is 15.1 Å². The molecule has 1 saturated heterocycles. The first-order chi connectivity index (χ1) is 8.47. The van der Waals surface area contributed by atoms with Gasteiger partial charge in [0.1, 0.15) is 17.6 Å². The number of carbonyl (C=O) groups excluding carboxylic acids is 2. The minimum Gasteiger partial charge on any atom is -0.466 e. The van der Waals surface area contributed by atoms with Crippen molar-refractivity contribution in [2.45, 2.75) is 45.7 Å². The maximum absolute atomic E-state index is 11.9. The Morgan fingerprint density at radius 2 is 2.28 bits per heavy atom. The number of hydrogen-bond donors (Lipinski definition) is 2. The summed E-state index contributed by atoms with van der Waals surface area (Å²) in [6, 6.07) is 1.41. The molecule has 1 aliphatic rings. The summed E-state index contributed by atoms with van der Waals surface area (Å²) in [4.78, 5) is 23.0. The molecule has 0 radical (unpaired) electrons. The Morgan fingerprint density at radius 1 is 1.56 bits per heavy atom. The Labute approximate surface area is 106 Å². The van der Waals surface area contributed by atoms with Crippen LogP contribution >= 0.6 is 0 Å². The molecule has 18 heavy (non-hydrogen) atoms. The first kappa shape index (κ1) is 12.7. The largest absolute Gasteiger partial charge is 0.466 e. The average Bonchev–Trinajstić information content (AvgIpc) is 2.84. The highest BCUT2D eigenvalue weighted by Crippen LogP contribution is 2.21. The molecule has 0 aromatic carbocycles. The molecule has 2 N–H and O–H groups in total. The normalized spacial score (nSPS) is 20.6. The molecule has 0 bridgehead atoms. The predicted octanol–water partition coefficient (Wildman–Crippen LogP) is 1.35. The van der Waals surface area contributed by atoms with E-state index in [1.54, 1.807) is 0 Å². The highest BCUT2D eigenvalue weighted by Gasteiger charge is 2.28. The summed E-state index contributed by atoms with van der Waals surface area (Å²) in [7, 11) is 0. The van der Waals surface area contributed by atoms with Gasteiger partial charge in [0.2, 0.25) is 11.8 Å². The zero-order valence-corrected chi connectivity index (χ0v) is 10.9. The SMILES string of the molecule is Cc1cc([C@H](C)NC(=O)[C@H]2CCC(=O)N2)c(C)o1.